The van der Waals surface area contributed by atoms with Crippen LogP contribution in [-0.4, -0.2) is 68.1 Å². The monoisotopic (exact) mass is 754 g/mol. The molecule has 2 aromatic rings. The average molecular weight is 754 g/mol. The number of esters is 2. The Balaban J connectivity index is 0.000000676. The van der Waals surface area contributed by atoms with Crippen LogP contribution in [-0.2, 0) is 23.9 Å². The third kappa shape index (κ3) is 13.3. The number of halogens is 2. The smallest absolute Gasteiger partial charge is 0.318 e. The van der Waals surface area contributed by atoms with Crippen LogP contribution in [0.2, 0.25) is 0 Å². The molecule has 0 aliphatic heterocycles. The van der Waals surface area contributed by atoms with Crippen molar-refractivity contribution < 1.29 is 38.6 Å². The largest absolute Gasteiger partial charge is 0.469 e. The van der Waals surface area contributed by atoms with Crippen LogP contribution in [0, 0.1) is 11.8 Å². The average Bonchev–Trinajstić information content (AvgIpc) is 2.94. The number of ether oxygens (including phenoxy) is 2. The molecular weight excluding hydrogens is 722 g/mol. The lowest BCUT2D eigenvalue weighted by molar-refractivity contribution is -0.149. The highest BCUT2D eigenvalue weighted by molar-refractivity contribution is 15.0. The summed E-state index contributed by atoms with van der Waals surface area (Å²) in [5, 5.41) is 14.6. The molecule has 0 aliphatic rings. The molecule has 0 aliphatic carbocycles. The maximum Gasteiger partial charge on any atom is 0.318 e. The maximum absolute atomic E-state index is 11.7. The van der Waals surface area contributed by atoms with Crippen molar-refractivity contribution >= 4 is 66.8 Å². The van der Waals surface area contributed by atoms with Gasteiger partial charge in [0.15, 0.2) is 0 Å². The number of amides is 2. The molecule has 0 heterocycles. The van der Waals surface area contributed by atoms with Gasteiger partial charge in [-0.1, -0.05) is 36.4 Å². The van der Waals surface area contributed by atoms with Crippen LogP contribution in [0.1, 0.15) is 34.6 Å². The minimum absolute atomic E-state index is 0.0397. The standard InChI is InChI=1S/C13H17NO4.C13H15NO4.I2/c2*1-9(15)11(13(17)18-2)8-14-12(16)10-6-4-3-5-7-10;1-2/h3-7,9,11,15H,8H2,1-2H3,(H,14,16);3-7,11H,8H2,1-2H3,(H,14,16);/t9-,11+;;/m1../s1. The van der Waals surface area contributed by atoms with Crippen LogP contribution in [0.3, 0.4) is 0 Å². The maximum atomic E-state index is 11.7. The molecule has 2 aromatic carbocycles. The molecule has 0 spiro atoms. The van der Waals surface area contributed by atoms with E-state index in [0.717, 1.165) is 0 Å². The van der Waals surface area contributed by atoms with Crippen molar-refractivity contribution in [1.82, 2.24) is 10.6 Å². The molecule has 0 radical (unpaired) electrons. The summed E-state index contributed by atoms with van der Waals surface area (Å²) in [4.78, 5) is 57.4. The van der Waals surface area contributed by atoms with Crippen LogP contribution < -0.4 is 10.6 Å². The molecule has 0 fully saturated rings. The molecule has 2 amide bonds. The Kier molecular flexibility index (Phi) is 19.0. The molecule has 0 aromatic heterocycles. The summed E-state index contributed by atoms with van der Waals surface area (Å²) in [6, 6.07) is 17.2. The highest BCUT2D eigenvalue weighted by atomic mass is 128. The molecule has 3 atom stereocenters. The third-order valence-corrected chi connectivity index (χ3v) is 5.08. The molecule has 3 N–H and O–H groups in total. The van der Waals surface area contributed by atoms with E-state index < -0.39 is 29.9 Å². The summed E-state index contributed by atoms with van der Waals surface area (Å²) in [6.07, 6.45) is -0.881. The van der Waals surface area contributed by atoms with E-state index in [9.17, 15) is 29.1 Å². The summed E-state index contributed by atoms with van der Waals surface area (Å²) >= 11 is 4.24. The second-order valence-electron chi connectivity index (χ2n) is 7.71. The van der Waals surface area contributed by atoms with Crippen LogP contribution >= 0.6 is 37.2 Å². The number of Topliss-reactive ketones (excluding diaryl/α,β-unsaturated/α-hetero) is 1. The van der Waals surface area contributed by atoms with Gasteiger partial charge in [-0.2, -0.15) is 0 Å². The Morgan fingerprint density at radius 3 is 1.50 bits per heavy atom. The fourth-order valence-corrected chi connectivity index (χ4v) is 2.92. The van der Waals surface area contributed by atoms with Crippen LogP contribution in [0.25, 0.3) is 0 Å². The SMILES string of the molecule is COC(=O)C(CNC(=O)c1ccccc1)C(C)=O.COC(=O)[C@@H](CNC(=O)c1ccccc1)[C@@H](C)O.II. The normalized spacial score (nSPS) is 12.0. The van der Waals surface area contributed by atoms with E-state index in [-0.39, 0.29) is 30.7 Å². The van der Waals surface area contributed by atoms with E-state index in [1.54, 1.807) is 54.6 Å². The number of ketones is 1. The minimum Gasteiger partial charge on any atom is -0.469 e. The molecule has 10 nitrogen and oxygen atoms in total. The first kappa shape index (κ1) is 35.4. The van der Waals surface area contributed by atoms with Gasteiger partial charge in [0, 0.05) is 61.4 Å². The first-order chi connectivity index (χ1) is 18.1. The summed E-state index contributed by atoms with van der Waals surface area (Å²) in [5.74, 6) is -3.86. The molecule has 208 valence electrons. The molecule has 12 heteroatoms. The predicted molar refractivity (Wildman–Crippen MR) is 159 cm³/mol. The number of carbonyl (C=O) groups excluding carboxylic acids is 5. The van der Waals surface area contributed by atoms with Crippen molar-refractivity contribution in [2.24, 2.45) is 11.8 Å². The highest BCUT2D eigenvalue weighted by Gasteiger charge is 2.25. The van der Waals surface area contributed by atoms with Gasteiger partial charge in [-0.3, -0.25) is 24.0 Å². The van der Waals surface area contributed by atoms with Gasteiger partial charge in [0.1, 0.15) is 11.7 Å². The lowest BCUT2D eigenvalue weighted by Crippen LogP contribution is -2.39. The lowest BCUT2D eigenvalue weighted by atomic mass is 10.0. The van der Waals surface area contributed by atoms with Crippen molar-refractivity contribution in [3.05, 3.63) is 71.8 Å². The molecule has 0 saturated heterocycles. The number of rotatable bonds is 10. The molecule has 0 bridgehead atoms. The van der Waals surface area contributed by atoms with E-state index in [1.165, 1.54) is 28.1 Å². The number of hydrogen-bond acceptors (Lipinski definition) is 8. The van der Waals surface area contributed by atoms with E-state index in [0.29, 0.717) is 11.1 Å². The lowest BCUT2D eigenvalue weighted by Gasteiger charge is -2.17. The van der Waals surface area contributed by atoms with Crippen LogP contribution in [0.5, 0.6) is 0 Å². The van der Waals surface area contributed by atoms with Gasteiger partial charge in [-0.15, -0.1) is 0 Å². The minimum atomic E-state index is -0.956. The molecule has 38 heavy (non-hydrogen) atoms. The summed E-state index contributed by atoms with van der Waals surface area (Å²) in [5.41, 5.74) is 0.983. The molecule has 0 saturated carbocycles. The first-order valence-corrected chi connectivity index (χ1v) is 17.6. The predicted octanol–water partition coefficient (Wildman–Crippen LogP) is 3.15. The number of nitrogens with one attached hydrogen (secondary N) is 2. The second-order valence-corrected chi connectivity index (χ2v) is 7.71. The fourth-order valence-electron chi connectivity index (χ4n) is 2.92. The van der Waals surface area contributed by atoms with Gasteiger partial charge in [-0.25, -0.2) is 0 Å². The van der Waals surface area contributed by atoms with Crippen molar-refractivity contribution in [2.45, 2.75) is 20.0 Å². The summed E-state index contributed by atoms with van der Waals surface area (Å²) < 4.78 is 9.06. The Morgan fingerprint density at radius 1 is 0.763 bits per heavy atom. The Labute approximate surface area is 245 Å². The number of carbonyl (C=O) groups is 5. The Morgan fingerprint density at radius 2 is 1.16 bits per heavy atom. The number of hydrogen-bond donors (Lipinski definition) is 3. The fraction of sp³-hybridized carbons (Fsp3) is 0.346. The zero-order chi connectivity index (χ0) is 29.1. The van der Waals surface area contributed by atoms with Gasteiger partial charge in [0.25, 0.3) is 11.8 Å². The van der Waals surface area contributed by atoms with Crippen molar-refractivity contribution in [2.75, 3.05) is 27.3 Å². The van der Waals surface area contributed by atoms with Crippen molar-refractivity contribution in [1.29, 1.82) is 0 Å². The van der Waals surface area contributed by atoms with Gasteiger partial charge in [0.2, 0.25) is 0 Å². The van der Waals surface area contributed by atoms with E-state index in [4.69, 9.17) is 0 Å². The second kappa shape index (κ2) is 20.4. The zero-order valence-electron chi connectivity index (χ0n) is 21.5. The number of aliphatic hydroxyl groups is 1. The topological polar surface area (TPSA) is 148 Å². The quantitative estimate of drug-likeness (QED) is 0.191. The summed E-state index contributed by atoms with van der Waals surface area (Å²) in [7, 11) is 2.45. The number of methoxy groups -OCH3 is 2. The van der Waals surface area contributed by atoms with E-state index in [1.807, 2.05) is 6.07 Å². The van der Waals surface area contributed by atoms with Gasteiger partial charge >= 0.3 is 11.9 Å². The summed E-state index contributed by atoms with van der Waals surface area (Å²) in [6.45, 7) is 2.75. The molecular formula is C26H32I2N2O8. The van der Waals surface area contributed by atoms with Crippen molar-refractivity contribution in [3.63, 3.8) is 0 Å². The van der Waals surface area contributed by atoms with Crippen LogP contribution in [0.15, 0.2) is 60.7 Å². The Bertz CT molecular complexity index is 1020. The van der Waals surface area contributed by atoms with Gasteiger partial charge < -0.3 is 25.2 Å². The molecule has 2 rings (SSSR count). The zero-order valence-corrected chi connectivity index (χ0v) is 25.8. The van der Waals surface area contributed by atoms with E-state index in [2.05, 4.69) is 57.3 Å². The first-order valence-electron chi connectivity index (χ1n) is 11.3. The van der Waals surface area contributed by atoms with Gasteiger partial charge in [0.05, 0.1) is 26.2 Å². The molecule has 1 unspecified atom stereocenters. The number of benzene rings is 2. The highest BCUT2D eigenvalue weighted by Crippen LogP contribution is 2.06. The third-order valence-electron chi connectivity index (χ3n) is 5.08. The Hall–Kier alpha value is -2.59. The van der Waals surface area contributed by atoms with Crippen molar-refractivity contribution in [3.8, 4) is 0 Å². The van der Waals surface area contributed by atoms with Crippen LogP contribution in [0.4, 0.5) is 0 Å². The van der Waals surface area contributed by atoms with Gasteiger partial charge in [-0.05, 0) is 38.1 Å². The van der Waals surface area contributed by atoms with E-state index >= 15 is 0 Å². The number of aliphatic hydroxyl groups excluding tert-OH is 1.